The van der Waals surface area contributed by atoms with Gasteiger partial charge in [-0.05, 0) is 73.0 Å². The number of thiophene rings is 1. The van der Waals surface area contributed by atoms with E-state index in [0.29, 0.717) is 18.5 Å². The van der Waals surface area contributed by atoms with E-state index in [-0.39, 0.29) is 18.3 Å². The van der Waals surface area contributed by atoms with Crippen molar-refractivity contribution in [1.82, 2.24) is 9.47 Å². The number of esters is 1. The summed E-state index contributed by atoms with van der Waals surface area (Å²) in [6, 6.07) is 17.9. The Morgan fingerprint density at radius 1 is 0.974 bits per heavy atom. The van der Waals surface area contributed by atoms with Gasteiger partial charge in [0.1, 0.15) is 5.75 Å². The maximum atomic E-state index is 12.5. The molecular weight excluding hydrogens is 510 g/mol. The van der Waals surface area contributed by atoms with Gasteiger partial charge in [-0.2, -0.15) is 0 Å². The van der Waals surface area contributed by atoms with Crippen LogP contribution in [-0.2, 0) is 16.3 Å². The average Bonchev–Trinajstić information content (AvgIpc) is 3.45. The zero-order chi connectivity index (χ0) is 27.0. The molecule has 1 aliphatic rings. The molecule has 0 spiro atoms. The van der Waals surface area contributed by atoms with Crippen molar-refractivity contribution in [2.45, 2.75) is 45.8 Å². The Morgan fingerprint density at radius 3 is 2.67 bits per heavy atom. The minimum Gasteiger partial charge on any atom is -0.494 e. The molecule has 8 heteroatoms. The normalized spacial score (nSPS) is 14.2. The van der Waals surface area contributed by atoms with E-state index >= 15 is 0 Å². The molecule has 1 aliphatic heterocycles. The summed E-state index contributed by atoms with van der Waals surface area (Å²) in [5, 5.41) is 4.45. The average molecular weight is 548 g/mol. The van der Waals surface area contributed by atoms with E-state index in [2.05, 4.69) is 39.4 Å². The lowest BCUT2D eigenvalue weighted by atomic mass is 10.2. The van der Waals surface area contributed by atoms with E-state index in [1.165, 1.54) is 26.4 Å². The van der Waals surface area contributed by atoms with Gasteiger partial charge in [0.2, 0.25) is 0 Å². The molecule has 1 fully saturated rings. The van der Waals surface area contributed by atoms with Crippen LogP contribution in [0.3, 0.4) is 0 Å². The lowest BCUT2D eigenvalue weighted by molar-refractivity contribution is -0.147. The number of piperazine rings is 1. The quantitative estimate of drug-likeness (QED) is 0.163. The van der Waals surface area contributed by atoms with Gasteiger partial charge in [0.15, 0.2) is 6.73 Å². The third-order valence-electron chi connectivity index (χ3n) is 7.38. The molecule has 0 N–H and O–H groups in total. The monoisotopic (exact) mass is 547 g/mol. The Hall–Kier alpha value is -3.36. The van der Waals surface area contributed by atoms with Crippen molar-refractivity contribution in [3.63, 3.8) is 0 Å². The maximum absolute atomic E-state index is 12.5. The maximum Gasteiger partial charge on any atom is 0.307 e. The minimum atomic E-state index is -0.283. The number of pyridine rings is 1. The Bertz CT molecular complexity index is 1460. The highest BCUT2D eigenvalue weighted by molar-refractivity contribution is 7.17. The molecular formula is C31H37N3O4S. The number of benzene rings is 2. The van der Waals surface area contributed by atoms with Gasteiger partial charge in [0.25, 0.3) is 5.56 Å². The van der Waals surface area contributed by atoms with Crippen LogP contribution < -0.4 is 15.2 Å². The van der Waals surface area contributed by atoms with Crippen LogP contribution in [-0.4, -0.2) is 54.8 Å². The van der Waals surface area contributed by atoms with Gasteiger partial charge < -0.3 is 14.4 Å². The standard InChI is InChI=1S/C31H37N3O4S/c1-2-3-9-31(36)38-23-34-28-22-25(12-10-24(28)11-13-30(34)35)37-20-5-4-15-32-16-18-33(19-17-32)27-7-6-8-29-26(27)14-21-39-29/h6-8,10-14,21-22H,2-5,9,15-20,23H2,1H3. The Morgan fingerprint density at radius 2 is 1.82 bits per heavy atom. The Kier molecular flexibility index (Phi) is 9.16. The number of fused-ring (bicyclic) bond motifs is 2. The second-order valence-corrected chi connectivity index (χ2v) is 11.0. The largest absolute Gasteiger partial charge is 0.494 e. The first-order chi connectivity index (χ1) is 19.1. The van der Waals surface area contributed by atoms with Crippen molar-refractivity contribution in [3.8, 4) is 5.75 Å². The van der Waals surface area contributed by atoms with Crippen molar-refractivity contribution in [2.75, 3.05) is 44.2 Å². The smallest absolute Gasteiger partial charge is 0.307 e. The molecule has 0 radical (unpaired) electrons. The molecule has 0 saturated carbocycles. The van der Waals surface area contributed by atoms with Gasteiger partial charge in [-0.1, -0.05) is 19.4 Å². The number of unbranched alkanes of at least 4 members (excludes halogenated alkanes) is 2. The van der Waals surface area contributed by atoms with E-state index < -0.39 is 0 Å². The molecule has 0 unspecified atom stereocenters. The van der Waals surface area contributed by atoms with Crippen molar-refractivity contribution in [2.24, 2.45) is 0 Å². The van der Waals surface area contributed by atoms with Crippen LogP contribution in [0.4, 0.5) is 5.69 Å². The molecule has 206 valence electrons. The van der Waals surface area contributed by atoms with Crippen LogP contribution in [0.1, 0.15) is 39.0 Å². The van der Waals surface area contributed by atoms with Crippen molar-refractivity contribution in [1.29, 1.82) is 0 Å². The second-order valence-electron chi connectivity index (χ2n) is 10.1. The van der Waals surface area contributed by atoms with Gasteiger partial charge >= 0.3 is 5.97 Å². The number of anilines is 1. The van der Waals surface area contributed by atoms with Crippen molar-refractivity contribution in [3.05, 3.63) is 70.3 Å². The molecule has 7 nitrogen and oxygen atoms in total. The summed E-state index contributed by atoms with van der Waals surface area (Å²) in [5.41, 5.74) is 1.87. The molecule has 4 aromatic rings. The van der Waals surface area contributed by atoms with Gasteiger partial charge in [-0.25, -0.2) is 0 Å². The highest BCUT2D eigenvalue weighted by Gasteiger charge is 2.18. The summed E-state index contributed by atoms with van der Waals surface area (Å²) < 4.78 is 14.2. The van der Waals surface area contributed by atoms with E-state index in [1.807, 2.05) is 25.1 Å². The van der Waals surface area contributed by atoms with Crippen LogP contribution in [0, 0.1) is 0 Å². The summed E-state index contributed by atoms with van der Waals surface area (Å²) in [6.07, 6.45) is 4.11. The third-order valence-corrected chi connectivity index (χ3v) is 8.26. The predicted octanol–water partition coefficient (Wildman–Crippen LogP) is 5.89. The molecule has 39 heavy (non-hydrogen) atoms. The first-order valence-electron chi connectivity index (χ1n) is 14.0. The zero-order valence-electron chi connectivity index (χ0n) is 22.6. The van der Waals surface area contributed by atoms with Crippen molar-refractivity contribution >= 4 is 44.0 Å². The number of rotatable bonds is 12. The summed E-state index contributed by atoms with van der Waals surface area (Å²) in [4.78, 5) is 29.5. The van der Waals surface area contributed by atoms with Gasteiger partial charge in [0.05, 0.1) is 12.1 Å². The van der Waals surface area contributed by atoms with Crippen LogP contribution in [0.15, 0.2) is 64.8 Å². The number of ether oxygens (including phenoxy) is 2. The summed E-state index contributed by atoms with van der Waals surface area (Å²) in [7, 11) is 0. The Labute approximate surface area is 233 Å². The van der Waals surface area contributed by atoms with Crippen LogP contribution in [0.25, 0.3) is 21.0 Å². The number of carbonyl (C=O) groups is 1. The molecule has 0 amide bonds. The van der Waals surface area contributed by atoms with E-state index in [4.69, 9.17) is 9.47 Å². The van der Waals surface area contributed by atoms with Crippen LogP contribution >= 0.6 is 11.3 Å². The fraction of sp³-hybridized carbons (Fsp3) is 0.419. The topological polar surface area (TPSA) is 64.0 Å². The van der Waals surface area contributed by atoms with Crippen molar-refractivity contribution < 1.29 is 14.3 Å². The first kappa shape index (κ1) is 27.2. The molecule has 3 heterocycles. The molecule has 0 atom stereocenters. The number of hydrogen-bond donors (Lipinski definition) is 0. The molecule has 2 aromatic carbocycles. The van der Waals surface area contributed by atoms with E-state index in [0.717, 1.165) is 69.5 Å². The highest BCUT2D eigenvalue weighted by atomic mass is 32.1. The number of carbonyl (C=O) groups excluding carboxylic acids is 1. The Balaban J connectivity index is 1.08. The predicted molar refractivity (Wildman–Crippen MR) is 159 cm³/mol. The summed E-state index contributed by atoms with van der Waals surface area (Å²) in [6.45, 7) is 7.89. The number of aromatic nitrogens is 1. The molecule has 1 saturated heterocycles. The summed E-state index contributed by atoms with van der Waals surface area (Å²) >= 11 is 1.81. The van der Waals surface area contributed by atoms with Gasteiger partial charge in [-0.3, -0.25) is 19.1 Å². The van der Waals surface area contributed by atoms with Crippen LogP contribution in [0.2, 0.25) is 0 Å². The lowest BCUT2D eigenvalue weighted by Crippen LogP contribution is -2.46. The zero-order valence-corrected chi connectivity index (χ0v) is 23.5. The van der Waals surface area contributed by atoms with Gasteiger partial charge in [0, 0.05) is 60.5 Å². The lowest BCUT2D eigenvalue weighted by Gasteiger charge is -2.36. The van der Waals surface area contributed by atoms with E-state index in [1.54, 1.807) is 17.4 Å². The fourth-order valence-corrected chi connectivity index (χ4v) is 5.92. The highest BCUT2D eigenvalue weighted by Crippen LogP contribution is 2.31. The van der Waals surface area contributed by atoms with Gasteiger partial charge in [-0.15, -0.1) is 11.3 Å². The first-order valence-corrected chi connectivity index (χ1v) is 14.9. The van der Waals surface area contributed by atoms with E-state index in [9.17, 15) is 9.59 Å². The molecule has 0 bridgehead atoms. The molecule has 5 rings (SSSR count). The number of nitrogens with zero attached hydrogens (tertiary/aromatic N) is 3. The molecule has 0 aliphatic carbocycles. The second kappa shape index (κ2) is 13.1. The minimum absolute atomic E-state index is 0.0855. The van der Waals surface area contributed by atoms with Crippen LogP contribution in [0.5, 0.6) is 5.75 Å². The third kappa shape index (κ3) is 6.81. The molecule has 2 aromatic heterocycles. The SMILES string of the molecule is CCCCC(=O)OCn1c(=O)ccc2ccc(OCCCCN3CCN(c4cccc5sccc45)CC3)cc21. The summed E-state index contributed by atoms with van der Waals surface area (Å²) in [5.74, 6) is 0.435. The fourth-order valence-electron chi connectivity index (χ4n) is 5.11. The number of hydrogen-bond acceptors (Lipinski definition) is 7.